The molecule has 0 saturated carbocycles. The molecule has 0 fully saturated rings. The molecule has 0 aliphatic rings. The van der Waals surface area contributed by atoms with Crippen LogP contribution in [0.5, 0.6) is 5.75 Å². The van der Waals surface area contributed by atoms with Gasteiger partial charge >= 0.3 is 0 Å². The van der Waals surface area contributed by atoms with Crippen molar-refractivity contribution < 1.29 is 9.53 Å². The van der Waals surface area contributed by atoms with Crippen LogP contribution < -0.4 is 20.7 Å². The minimum atomic E-state index is 0.0179. The fourth-order valence-corrected chi connectivity index (χ4v) is 2.99. The lowest BCUT2D eigenvalue weighted by atomic mass is 10.1. The van der Waals surface area contributed by atoms with Crippen molar-refractivity contribution >= 4 is 23.4 Å². The maximum atomic E-state index is 12.1. The number of pyridine rings is 1. The lowest BCUT2D eigenvalue weighted by Crippen LogP contribution is -2.29. The van der Waals surface area contributed by atoms with E-state index in [1.54, 1.807) is 13.3 Å². The molecule has 8 heteroatoms. The van der Waals surface area contributed by atoms with Crippen LogP contribution in [0.3, 0.4) is 0 Å². The maximum Gasteiger partial charge on any atom is 0.220 e. The van der Waals surface area contributed by atoms with Crippen molar-refractivity contribution in [3.05, 3.63) is 65.6 Å². The minimum absolute atomic E-state index is 0.0179. The van der Waals surface area contributed by atoms with Gasteiger partial charge in [0.15, 0.2) is 0 Å². The molecule has 2 heterocycles. The molecule has 8 nitrogen and oxygen atoms in total. The second-order valence-corrected chi connectivity index (χ2v) is 7.15. The molecule has 0 spiro atoms. The summed E-state index contributed by atoms with van der Waals surface area (Å²) < 4.78 is 5.14. The molecule has 1 aromatic carbocycles. The van der Waals surface area contributed by atoms with E-state index in [0.717, 1.165) is 22.7 Å². The van der Waals surface area contributed by atoms with E-state index in [-0.39, 0.29) is 5.91 Å². The fraction of sp³-hybridized carbons (Fsp3) is 0.304. The van der Waals surface area contributed by atoms with E-state index in [9.17, 15) is 4.79 Å². The normalized spacial score (nSPS) is 10.4. The van der Waals surface area contributed by atoms with Gasteiger partial charge in [0.2, 0.25) is 5.91 Å². The number of hydrogen-bond donors (Lipinski definition) is 3. The van der Waals surface area contributed by atoms with Crippen molar-refractivity contribution in [3.63, 3.8) is 0 Å². The van der Waals surface area contributed by atoms with Gasteiger partial charge in [-0.1, -0.05) is 12.1 Å². The number of nitrogens with zero attached hydrogens (tertiary/aromatic N) is 3. The standard InChI is InChI=1S/C23H28N6O2/c1-16-10-11-24-20(14-16)29-22-15-21(27-17(2)28-22)25-12-13-26-23(30)9-6-18-4-7-19(31-3)8-5-18/h4-5,7-8,10-11,14-15H,6,9,12-13H2,1-3H3,(H,26,30)(H2,24,25,27,28,29). The van der Waals surface area contributed by atoms with Crippen molar-refractivity contribution in [2.45, 2.75) is 26.7 Å². The van der Waals surface area contributed by atoms with Crippen LogP contribution in [0.4, 0.5) is 17.5 Å². The van der Waals surface area contributed by atoms with Gasteiger partial charge in [-0.2, -0.15) is 0 Å². The molecule has 2 aromatic heterocycles. The molecule has 162 valence electrons. The third-order valence-electron chi connectivity index (χ3n) is 4.56. The highest BCUT2D eigenvalue weighted by Gasteiger charge is 2.05. The Labute approximate surface area is 182 Å². The number of carbonyl (C=O) groups excluding carboxylic acids is 1. The Balaban J connectivity index is 1.42. The number of aryl methyl sites for hydroxylation is 3. The second kappa shape index (κ2) is 10.9. The molecule has 1 amide bonds. The summed E-state index contributed by atoms with van der Waals surface area (Å²) in [6.07, 6.45) is 2.88. The van der Waals surface area contributed by atoms with E-state index >= 15 is 0 Å². The zero-order chi connectivity index (χ0) is 22.1. The van der Waals surface area contributed by atoms with Crippen molar-refractivity contribution in [1.82, 2.24) is 20.3 Å². The first-order chi connectivity index (χ1) is 15.0. The third kappa shape index (κ3) is 7.26. The Bertz CT molecular complexity index is 1010. The number of amides is 1. The number of ether oxygens (including phenoxy) is 1. The maximum absolute atomic E-state index is 12.1. The first kappa shape index (κ1) is 22.0. The van der Waals surface area contributed by atoms with Crippen LogP contribution in [-0.4, -0.2) is 41.1 Å². The summed E-state index contributed by atoms with van der Waals surface area (Å²) in [5, 5.41) is 9.34. The molecular formula is C23H28N6O2. The monoisotopic (exact) mass is 420 g/mol. The summed E-state index contributed by atoms with van der Waals surface area (Å²) in [5.74, 6) is 3.56. The Morgan fingerprint density at radius 3 is 2.48 bits per heavy atom. The molecule has 31 heavy (non-hydrogen) atoms. The first-order valence-electron chi connectivity index (χ1n) is 10.2. The van der Waals surface area contributed by atoms with Gasteiger partial charge in [0.25, 0.3) is 0 Å². The zero-order valence-corrected chi connectivity index (χ0v) is 18.1. The molecule has 0 saturated heterocycles. The zero-order valence-electron chi connectivity index (χ0n) is 18.1. The van der Waals surface area contributed by atoms with E-state index in [0.29, 0.717) is 43.4 Å². The fourth-order valence-electron chi connectivity index (χ4n) is 2.99. The second-order valence-electron chi connectivity index (χ2n) is 7.15. The van der Waals surface area contributed by atoms with Crippen LogP contribution in [0, 0.1) is 13.8 Å². The Kier molecular flexibility index (Phi) is 7.75. The highest BCUT2D eigenvalue weighted by Crippen LogP contribution is 2.16. The molecule has 0 aliphatic heterocycles. The first-order valence-corrected chi connectivity index (χ1v) is 10.2. The summed E-state index contributed by atoms with van der Waals surface area (Å²) in [5.41, 5.74) is 2.22. The number of anilines is 3. The van der Waals surface area contributed by atoms with Crippen LogP contribution in [0.1, 0.15) is 23.4 Å². The SMILES string of the molecule is COc1ccc(CCC(=O)NCCNc2cc(Nc3cc(C)ccn3)nc(C)n2)cc1. The van der Waals surface area contributed by atoms with Gasteiger partial charge in [-0.15, -0.1) is 0 Å². The van der Waals surface area contributed by atoms with E-state index in [1.165, 1.54) is 0 Å². The average Bonchev–Trinajstić information content (AvgIpc) is 2.75. The molecule has 0 atom stereocenters. The topological polar surface area (TPSA) is 101 Å². The van der Waals surface area contributed by atoms with Crippen molar-refractivity contribution in [2.75, 3.05) is 30.8 Å². The smallest absolute Gasteiger partial charge is 0.220 e. The summed E-state index contributed by atoms with van der Waals surface area (Å²) in [7, 11) is 1.64. The van der Waals surface area contributed by atoms with Gasteiger partial charge in [-0.3, -0.25) is 4.79 Å². The summed E-state index contributed by atoms with van der Waals surface area (Å²) in [4.78, 5) is 25.2. The molecule has 0 radical (unpaired) electrons. The van der Waals surface area contributed by atoms with Crippen LogP contribution in [0.2, 0.25) is 0 Å². The van der Waals surface area contributed by atoms with Crippen molar-refractivity contribution in [3.8, 4) is 5.75 Å². The molecule has 3 rings (SSSR count). The average molecular weight is 421 g/mol. The summed E-state index contributed by atoms with van der Waals surface area (Å²) in [6.45, 7) is 4.91. The lowest BCUT2D eigenvalue weighted by Gasteiger charge is -2.11. The highest BCUT2D eigenvalue weighted by atomic mass is 16.5. The van der Waals surface area contributed by atoms with Gasteiger partial charge in [-0.25, -0.2) is 15.0 Å². The Morgan fingerprint density at radius 1 is 0.968 bits per heavy atom. The van der Waals surface area contributed by atoms with Gasteiger partial charge in [-0.05, 0) is 55.7 Å². The number of carbonyl (C=O) groups is 1. The van der Waals surface area contributed by atoms with Crippen LogP contribution in [0.25, 0.3) is 0 Å². The lowest BCUT2D eigenvalue weighted by molar-refractivity contribution is -0.120. The third-order valence-corrected chi connectivity index (χ3v) is 4.56. The number of hydrogen-bond acceptors (Lipinski definition) is 7. The van der Waals surface area contributed by atoms with Gasteiger partial charge in [0.05, 0.1) is 7.11 Å². The predicted octanol–water partition coefficient (Wildman–Crippen LogP) is 3.40. The molecule has 0 aliphatic carbocycles. The van der Waals surface area contributed by atoms with E-state index in [2.05, 4.69) is 30.9 Å². The van der Waals surface area contributed by atoms with Gasteiger partial charge < -0.3 is 20.7 Å². The molecule has 0 unspecified atom stereocenters. The largest absolute Gasteiger partial charge is 0.497 e. The summed E-state index contributed by atoms with van der Waals surface area (Å²) in [6, 6.07) is 13.5. The van der Waals surface area contributed by atoms with E-state index in [1.807, 2.05) is 56.3 Å². The van der Waals surface area contributed by atoms with Gasteiger partial charge in [0, 0.05) is 31.8 Å². The van der Waals surface area contributed by atoms with Crippen LogP contribution in [-0.2, 0) is 11.2 Å². The highest BCUT2D eigenvalue weighted by molar-refractivity contribution is 5.76. The minimum Gasteiger partial charge on any atom is -0.497 e. The van der Waals surface area contributed by atoms with Crippen LogP contribution >= 0.6 is 0 Å². The predicted molar refractivity (Wildman–Crippen MR) is 122 cm³/mol. The quantitative estimate of drug-likeness (QED) is 0.432. The van der Waals surface area contributed by atoms with Crippen molar-refractivity contribution in [1.29, 1.82) is 0 Å². The van der Waals surface area contributed by atoms with Crippen LogP contribution in [0.15, 0.2) is 48.7 Å². The number of methoxy groups -OCH3 is 1. The van der Waals surface area contributed by atoms with Crippen molar-refractivity contribution in [2.24, 2.45) is 0 Å². The number of rotatable bonds is 10. The molecule has 3 aromatic rings. The molecular weight excluding hydrogens is 392 g/mol. The van der Waals surface area contributed by atoms with E-state index in [4.69, 9.17) is 4.74 Å². The Hall–Kier alpha value is -3.68. The number of benzene rings is 1. The number of nitrogens with one attached hydrogen (secondary N) is 3. The summed E-state index contributed by atoms with van der Waals surface area (Å²) >= 11 is 0. The number of aromatic nitrogens is 3. The van der Waals surface area contributed by atoms with E-state index < -0.39 is 0 Å². The molecule has 3 N–H and O–H groups in total. The Morgan fingerprint density at radius 2 is 1.74 bits per heavy atom. The molecule has 0 bridgehead atoms. The van der Waals surface area contributed by atoms with Gasteiger partial charge in [0.1, 0.15) is 29.0 Å².